The summed E-state index contributed by atoms with van der Waals surface area (Å²) in [7, 11) is 0. The van der Waals surface area contributed by atoms with E-state index in [1.54, 1.807) is 11.8 Å². The third kappa shape index (κ3) is 12.1. The van der Waals surface area contributed by atoms with Gasteiger partial charge in [-0.25, -0.2) is 0 Å². The standard InChI is InChI=1S/C7H14F3NOS/c1-13-6-2-3-11-4-5-12-7(8,9)10/h11H,2-6H2,1H3. The fourth-order valence-corrected chi connectivity index (χ4v) is 1.14. The van der Waals surface area contributed by atoms with Gasteiger partial charge in [0.15, 0.2) is 0 Å². The monoisotopic (exact) mass is 217 g/mol. The minimum absolute atomic E-state index is 0.244. The van der Waals surface area contributed by atoms with Crippen LogP contribution < -0.4 is 5.32 Å². The fraction of sp³-hybridized carbons (Fsp3) is 1.00. The van der Waals surface area contributed by atoms with Gasteiger partial charge in [0, 0.05) is 6.54 Å². The zero-order valence-electron chi connectivity index (χ0n) is 7.49. The summed E-state index contributed by atoms with van der Waals surface area (Å²) in [5.74, 6) is 1.02. The van der Waals surface area contributed by atoms with Gasteiger partial charge in [-0.1, -0.05) is 0 Å². The Morgan fingerprint density at radius 3 is 2.54 bits per heavy atom. The molecule has 0 rings (SSSR count). The summed E-state index contributed by atoms with van der Waals surface area (Å²) in [5, 5.41) is 2.85. The molecule has 0 radical (unpaired) electrons. The molecule has 2 nitrogen and oxygen atoms in total. The molecule has 0 fully saturated rings. The van der Waals surface area contributed by atoms with Crippen molar-refractivity contribution in [1.29, 1.82) is 0 Å². The van der Waals surface area contributed by atoms with Crippen LogP contribution in [-0.4, -0.2) is 38.1 Å². The van der Waals surface area contributed by atoms with Crippen LogP contribution in [0.1, 0.15) is 6.42 Å². The lowest BCUT2D eigenvalue weighted by molar-refractivity contribution is -0.323. The second kappa shape index (κ2) is 7.46. The molecule has 6 heteroatoms. The van der Waals surface area contributed by atoms with Crippen molar-refractivity contribution in [2.75, 3.05) is 31.7 Å². The minimum Gasteiger partial charge on any atom is -0.314 e. The molecule has 0 spiro atoms. The van der Waals surface area contributed by atoms with Gasteiger partial charge in [0.1, 0.15) is 0 Å². The molecular weight excluding hydrogens is 203 g/mol. The topological polar surface area (TPSA) is 21.3 Å². The van der Waals surface area contributed by atoms with Crippen LogP contribution in [0.4, 0.5) is 13.2 Å². The Labute approximate surface area is 80.2 Å². The Morgan fingerprint density at radius 2 is 2.00 bits per heavy atom. The number of hydrogen-bond donors (Lipinski definition) is 1. The largest absolute Gasteiger partial charge is 0.522 e. The maximum Gasteiger partial charge on any atom is 0.522 e. The maximum atomic E-state index is 11.4. The average molecular weight is 217 g/mol. The van der Waals surface area contributed by atoms with Crippen molar-refractivity contribution >= 4 is 11.8 Å². The van der Waals surface area contributed by atoms with E-state index in [0.717, 1.165) is 18.7 Å². The summed E-state index contributed by atoms with van der Waals surface area (Å²) in [6.45, 7) is 0.665. The van der Waals surface area contributed by atoms with E-state index >= 15 is 0 Å². The molecule has 0 aliphatic carbocycles. The lowest BCUT2D eigenvalue weighted by atomic mass is 10.5. The molecule has 0 heterocycles. The van der Waals surface area contributed by atoms with Gasteiger partial charge in [0.25, 0.3) is 0 Å². The maximum absolute atomic E-state index is 11.4. The SMILES string of the molecule is CSCCCNCCOC(F)(F)F. The number of rotatable bonds is 7. The first-order valence-electron chi connectivity index (χ1n) is 3.96. The first kappa shape index (κ1) is 13.1. The number of hydrogen-bond acceptors (Lipinski definition) is 3. The van der Waals surface area contributed by atoms with Crippen LogP contribution in [0.5, 0.6) is 0 Å². The first-order valence-corrected chi connectivity index (χ1v) is 5.36. The predicted molar refractivity (Wildman–Crippen MR) is 47.9 cm³/mol. The van der Waals surface area contributed by atoms with E-state index in [1.807, 2.05) is 6.26 Å². The van der Waals surface area contributed by atoms with Crippen LogP contribution in [0, 0.1) is 0 Å². The summed E-state index contributed by atoms with van der Waals surface area (Å²) >= 11 is 1.72. The molecule has 0 saturated heterocycles. The molecule has 0 aromatic rings. The van der Waals surface area contributed by atoms with Crippen molar-refractivity contribution in [2.45, 2.75) is 12.8 Å². The second-order valence-corrected chi connectivity index (χ2v) is 3.38. The molecule has 0 aliphatic rings. The Bertz CT molecular complexity index is 121. The Kier molecular flexibility index (Phi) is 7.50. The third-order valence-corrected chi connectivity index (χ3v) is 1.94. The van der Waals surface area contributed by atoms with Gasteiger partial charge in [0.2, 0.25) is 0 Å². The number of thioether (sulfide) groups is 1. The van der Waals surface area contributed by atoms with E-state index in [-0.39, 0.29) is 13.2 Å². The lowest BCUT2D eigenvalue weighted by Crippen LogP contribution is -2.25. The van der Waals surface area contributed by atoms with Crippen LogP contribution in [0.2, 0.25) is 0 Å². The van der Waals surface area contributed by atoms with Gasteiger partial charge < -0.3 is 5.32 Å². The van der Waals surface area contributed by atoms with Crippen molar-refractivity contribution in [1.82, 2.24) is 5.32 Å². The number of halogens is 3. The summed E-state index contributed by atoms with van der Waals surface area (Å²) < 4.78 is 37.9. The molecule has 0 aromatic heterocycles. The third-order valence-electron chi connectivity index (χ3n) is 1.25. The number of ether oxygens (including phenoxy) is 1. The van der Waals surface area contributed by atoms with Gasteiger partial charge in [-0.05, 0) is 25.0 Å². The fourth-order valence-electron chi connectivity index (χ4n) is 0.705. The van der Waals surface area contributed by atoms with Crippen LogP contribution >= 0.6 is 11.8 Å². The Morgan fingerprint density at radius 1 is 1.31 bits per heavy atom. The highest BCUT2D eigenvalue weighted by molar-refractivity contribution is 7.98. The van der Waals surface area contributed by atoms with E-state index in [1.165, 1.54) is 0 Å². The van der Waals surface area contributed by atoms with E-state index in [4.69, 9.17) is 0 Å². The summed E-state index contributed by atoms with van der Waals surface area (Å²) in [6, 6.07) is 0. The van der Waals surface area contributed by atoms with E-state index in [9.17, 15) is 13.2 Å². The van der Waals surface area contributed by atoms with E-state index in [2.05, 4.69) is 10.1 Å². The smallest absolute Gasteiger partial charge is 0.314 e. The zero-order chi connectivity index (χ0) is 10.2. The zero-order valence-corrected chi connectivity index (χ0v) is 8.30. The molecular formula is C7H14F3NOS. The van der Waals surface area contributed by atoms with Crippen LogP contribution in [-0.2, 0) is 4.74 Å². The first-order chi connectivity index (χ1) is 6.06. The molecule has 0 aliphatic heterocycles. The predicted octanol–water partition coefficient (Wildman–Crippen LogP) is 1.87. The molecule has 0 saturated carbocycles. The number of alkyl halides is 3. The molecule has 0 atom stereocenters. The van der Waals surface area contributed by atoms with Crippen molar-refractivity contribution in [3.8, 4) is 0 Å². The highest BCUT2D eigenvalue weighted by Crippen LogP contribution is 2.14. The molecule has 13 heavy (non-hydrogen) atoms. The summed E-state index contributed by atoms with van der Waals surface area (Å²) in [5.41, 5.74) is 0. The van der Waals surface area contributed by atoms with Crippen LogP contribution in [0.15, 0.2) is 0 Å². The Hall–Kier alpha value is 0.0600. The summed E-state index contributed by atoms with van der Waals surface area (Å²) in [6.07, 6.45) is -1.54. The molecule has 0 unspecified atom stereocenters. The lowest BCUT2D eigenvalue weighted by Gasteiger charge is -2.07. The highest BCUT2D eigenvalue weighted by Gasteiger charge is 2.28. The van der Waals surface area contributed by atoms with Gasteiger partial charge >= 0.3 is 6.36 Å². The minimum atomic E-state index is -4.50. The van der Waals surface area contributed by atoms with E-state index < -0.39 is 6.36 Å². The van der Waals surface area contributed by atoms with Crippen molar-refractivity contribution in [3.05, 3.63) is 0 Å². The Balaban J connectivity index is 3.00. The average Bonchev–Trinajstić information content (AvgIpc) is 2.01. The van der Waals surface area contributed by atoms with Crippen molar-refractivity contribution in [2.24, 2.45) is 0 Å². The molecule has 0 bridgehead atoms. The second-order valence-electron chi connectivity index (χ2n) is 2.39. The molecule has 80 valence electrons. The van der Waals surface area contributed by atoms with Gasteiger partial charge in [0.05, 0.1) is 6.61 Å². The summed E-state index contributed by atoms with van der Waals surface area (Å²) in [4.78, 5) is 0. The van der Waals surface area contributed by atoms with Crippen molar-refractivity contribution in [3.63, 3.8) is 0 Å². The number of nitrogens with one attached hydrogen (secondary N) is 1. The molecule has 0 amide bonds. The van der Waals surface area contributed by atoms with E-state index in [0.29, 0.717) is 0 Å². The van der Waals surface area contributed by atoms with Gasteiger partial charge in [-0.15, -0.1) is 13.2 Å². The van der Waals surface area contributed by atoms with Gasteiger partial charge in [-0.2, -0.15) is 11.8 Å². The van der Waals surface area contributed by atoms with Crippen molar-refractivity contribution < 1.29 is 17.9 Å². The van der Waals surface area contributed by atoms with Gasteiger partial charge in [-0.3, -0.25) is 4.74 Å². The van der Waals surface area contributed by atoms with Crippen LogP contribution in [0.25, 0.3) is 0 Å². The van der Waals surface area contributed by atoms with Crippen LogP contribution in [0.3, 0.4) is 0 Å². The highest BCUT2D eigenvalue weighted by atomic mass is 32.2. The normalized spacial score (nSPS) is 12.0. The quantitative estimate of drug-likeness (QED) is 0.658. The molecule has 0 aromatic carbocycles. The molecule has 1 N–H and O–H groups in total.